The van der Waals surface area contributed by atoms with Gasteiger partial charge < -0.3 is 15.0 Å². The molecular formula is C17H20N2O4. The Morgan fingerprint density at radius 1 is 1.22 bits per heavy atom. The van der Waals surface area contributed by atoms with Crippen LogP contribution in [0.3, 0.4) is 0 Å². The standard InChI is InChI=1S/C17H20N2O4/c1-2-23-16(21)9-8-15(20)18-14-7-5-6-13(12-14)17(22)19-10-3-4-11-19/h5-9,12H,2-4,10-11H2,1H3,(H,18,20)/b9-8+. The molecular weight excluding hydrogens is 296 g/mol. The minimum absolute atomic E-state index is 0.0272. The van der Waals surface area contributed by atoms with Crippen molar-refractivity contribution in [3.8, 4) is 0 Å². The van der Waals surface area contributed by atoms with Gasteiger partial charge in [-0.3, -0.25) is 9.59 Å². The summed E-state index contributed by atoms with van der Waals surface area (Å²) in [5, 5.41) is 2.62. The number of esters is 1. The third-order valence-corrected chi connectivity index (χ3v) is 3.43. The lowest BCUT2D eigenvalue weighted by Crippen LogP contribution is -2.27. The maximum absolute atomic E-state index is 12.3. The van der Waals surface area contributed by atoms with Gasteiger partial charge in [-0.05, 0) is 38.0 Å². The number of nitrogens with one attached hydrogen (secondary N) is 1. The first-order chi connectivity index (χ1) is 11.1. The Morgan fingerprint density at radius 2 is 1.96 bits per heavy atom. The third kappa shape index (κ3) is 4.95. The molecule has 0 spiro atoms. The highest BCUT2D eigenvalue weighted by Gasteiger charge is 2.19. The molecule has 1 aromatic rings. The van der Waals surface area contributed by atoms with Crippen molar-refractivity contribution in [3.63, 3.8) is 0 Å². The Hall–Kier alpha value is -2.63. The van der Waals surface area contributed by atoms with Gasteiger partial charge in [-0.15, -0.1) is 0 Å². The molecule has 6 nitrogen and oxygen atoms in total. The summed E-state index contributed by atoms with van der Waals surface area (Å²) < 4.78 is 4.69. The van der Waals surface area contributed by atoms with Crippen LogP contribution in [0.25, 0.3) is 0 Å². The summed E-state index contributed by atoms with van der Waals surface area (Å²) in [4.78, 5) is 37.0. The molecule has 122 valence electrons. The first kappa shape index (κ1) is 16.7. The fraction of sp³-hybridized carbons (Fsp3) is 0.353. The van der Waals surface area contributed by atoms with E-state index < -0.39 is 11.9 Å². The molecule has 0 radical (unpaired) electrons. The van der Waals surface area contributed by atoms with Crippen LogP contribution in [0.5, 0.6) is 0 Å². The number of nitrogens with zero attached hydrogens (tertiary/aromatic N) is 1. The first-order valence-electron chi connectivity index (χ1n) is 7.65. The van der Waals surface area contributed by atoms with Gasteiger partial charge in [0.15, 0.2) is 0 Å². The van der Waals surface area contributed by atoms with E-state index in [1.165, 1.54) is 0 Å². The molecule has 23 heavy (non-hydrogen) atoms. The van der Waals surface area contributed by atoms with Crippen LogP contribution in [0, 0.1) is 0 Å². The van der Waals surface area contributed by atoms with Crippen LogP contribution in [0.2, 0.25) is 0 Å². The largest absolute Gasteiger partial charge is 0.463 e. The summed E-state index contributed by atoms with van der Waals surface area (Å²) in [6.07, 6.45) is 4.23. The van der Waals surface area contributed by atoms with Gasteiger partial charge in [0.2, 0.25) is 5.91 Å². The Labute approximate surface area is 135 Å². The van der Waals surface area contributed by atoms with Crippen LogP contribution in [0.15, 0.2) is 36.4 Å². The number of carbonyl (C=O) groups excluding carboxylic acids is 3. The van der Waals surface area contributed by atoms with Crippen molar-refractivity contribution in [2.75, 3.05) is 25.0 Å². The fourth-order valence-electron chi connectivity index (χ4n) is 2.35. The molecule has 0 atom stereocenters. The quantitative estimate of drug-likeness (QED) is 0.666. The molecule has 0 aromatic heterocycles. The van der Waals surface area contributed by atoms with Crippen LogP contribution >= 0.6 is 0 Å². The Bertz CT molecular complexity index is 619. The number of hydrogen-bond donors (Lipinski definition) is 1. The average Bonchev–Trinajstić information content (AvgIpc) is 3.07. The topological polar surface area (TPSA) is 75.7 Å². The second kappa shape index (κ2) is 8.12. The van der Waals surface area contributed by atoms with Crippen LogP contribution in [-0.2, 0) is 14.3 Å². The lowest BCUT2D eigenvalue weighted by Gasteiger charge is -2.15. The summed E-state index contributed by atoms with van der Waals surface area (Å²) >= 11 is 0. The molecule has 1 heterocycles. The highest BCUT2D eigenvalue weighted by molar-refractivity contribution is 6.03. The van der Waals surface area contributed by atoms with Gasteiger partial charge in [-0.2, -0.15) is 0 Å². The number of benzene rings is 1. The SMILES string of the molecule is CCOC(=O)/C=C/C(=O)Nc1cccc(C(=O)N2CCCC2)c1. The molecule has 0 unspecified atom stereocenters. The molecule has 1 N–H and O–H groups in total. The van der Waals surface area contributed by atoms with E-state index in [9.17, 15) is 14.4 Å². The van der Waals surface area contributed by atoms with E-state index in [1.807, 2.05) is 4.90 Å². The normalized spacial score (nSPS) is 14.0. The van der Waals surface area contributed by atoms with Crippen molar-refractivity contribution < 1.29 is 19.1 Å². The zero-order valence-electron chi connectivity index (χ0n) is 13.1. The predicted molar refractivity (Wildman–Crippen MR) is 86.0 cm³/mol. The van der Waals surface area contributed by atoms with E-state index >= 15 is 0 Å². The van der Waals surface area contributed by atoms with Crippen LogP contribution in [0.1, 0.15) is 30.1 Å². The lowest BCUT2D eigenvalue weighted by atomic mass is 10.1. The highest BCUT2D eigenvalue weighted by atomic mass is 16.5. The average molecular weight is 316 g/mol. The Balaban J connectivity index is 1.98. The van der Waals surface area contributed by atoms with Crippen molar-refractivity contribution in [2.45, 2.75) is 19.8 Å². The second-order valence-electron chi connectivity index (χ2n) is 5.15. The molecule has 2 amide bonds. The molecule has 1 aromatic carbocycles. The van der Waals surface area contributed by atoms with Gasteiger partial charge in [-0.25, -0.2) is 4.79 Å². The monoisotopic (exact) mass is 316 g/mol. The first-order valence-corrected chi connectivity index (χ1v) is 7.65. The van der Waals surface area contributed by atoms with E-state index in [1.54, 1.807) is 31.2 Å². The summed E-state index contributed by atoms with van der Waals surface area (Å²) in [6.45, 7) is 3.50. The molecule has 0 saturated carbocycles. The number of ether oxygens (including phenoxy) is 1. The van der Waals surface area contributed by atoms with Crippen molar-refractivity contribution in [3.05, 3.63) is 42.0 Å². The lowest BCUT2D eigenvalue weighted by molar-refractivity contribution is -0.137. The number of carbonyl (C=O) groups is 3. The van der Waals surface area contributed by atoms with Gasteiger partial charge in [0.05, 0.1) is 6.61 Å². The zero-order chi connectivity index (χ0) is 16.7. The summed E-state index contributed by atoms with van der Waals surface area (Å²) in [5.41, 5.74) is 1.05. The number of anilines is 1. The van der Waals surface area contributed by atoms with Crippen molar-refractivity contribution >= 4 is 23.5 Å². The van der Waals surface area contributed by atoms with E-state index in [4.69, 9.17) is 4.74 Å². The van der Waals surface area contributed by atoms with E-state index in [2.05, 4.69) is 5.32 Å². The number of likely N-dealkylation sites (tertiary alicyclic amines) is 1. The van der Waals surface area contributed by atoms with Crippen LogP contribution in [0.4, 0.5) is 5.69 Å². The van der Waals surface area contributed by atoms with E-state index in [0.29, 0.717) is 11.3 Å². The Morgan fingerprint density at radius 3 is 2.65 bits per heavy atom. The number of amides is 2. The minimum atomic E-state index is -0.569. The molecule has 6 heteroatoms. The fourth-order valence-corrected chi connectivity index (χ4v) is 2.35. The van der Waals surface area contributed by atoms with Crippen molar-refractivity contribution in [1.82, 2.24) is 4.90 Å². The smallest absolute Gasteiger partial charge is 0.330 e. The molecule has 0 aliphatic carbocycles. The van der Waals surface area contributed by atoms with Crippen LogP contribution in [-0.4, -0.2) is 42.4 Å². The van der Waals surface area contributed by atoms with E-state index in [-0.39, 0.29) is 12.5 Å². The van der Waals surface area contributed by atoms with Crippen molar-refractivity contribution in [1.29, 1.82) is 0 Å². The summed E-state index contributed by atoms with van der Waals surface area (Å²) in [6, 6.07) is 6.77. The van der Waals surface area contributed by atoms with Gasteiger partial charge in [0, 0.05) is 36.5 Å². The summed E-state index contributed by atoms with van der Waals surface area (Å²) in [7, 11) is 0. The van der Waals surface area contributed by atoms with Gasteiger partial charge >= 0.3 is 5.97 Å². The Kier molecular flexibility index (Phi) is 5.91. The molecule has 1 fully saturated rings. The van der Waals surface area contributed by atoms with Gasteiger partial charge in [-0.1, -0.05) is 6.07 Å². The molecule has 2 rings (SSSR count). The van der Waals surface area contributed by atoms with Gasteiger partial charge in [0.25, 0.3) is 5.91 Å². The molecule has 1 saturated heterocycles. The second-order valence-corrected chi connectivity index (χ2v) is 5.15. The molecule has 1 aliphatic heterocycles. The van der Waals surface area contributed by atoms with E-state index in [0.717, 1.165) is 38.1 Å². The van der Waals surface area contributed by atoms with Gasteiger partial charge in [0.1, 0.15) is 0 Å². The number of hydrogen-bond acceptors (Lipinski definition) is 4. The van der Waals surface area contributed by atoms with Crippen molar-refractivity contribution in [2.24, 2.45) is 0 Å². The maximum Gasteiger partial charge on any atom is 0.330 e. The third-order valence-electron chi connectivity index (χ3n) is 3.43. The highest BCUT2D eigenvalue weighted by Crippen LogP contribution is 2.16. The maximum atomic E-state index is 12.3. The predicted octanol–water partition coefficient (Wildman–Crippen LogP) is 1.98. The molecule has 0 bridgehead atoms. The number of rotatable bonds is 5. The zero-order valence-corrected chi connectivity index (χ0v) is 13.1. The minimum Gasteiger partial charge on any atom is -0.463 e. The molecule has 1 aliphatic rings. The summed E-state index contributed by atoms with van der Waals surface area (Å²) in [5.74, 6) is -1.05. The van der Waals surface area contributed by atoms with Crippen LogP contribution < -0.4 is 5.32 Å².